The van der Waals surface area contributed by atoms with E-state index in [4.69, 9.17) is 9.47 Å². The highest BCUT2D eigenvalue weighted by molar-refractivity contribution is 7.17. The zero-order valence-corrected chi connectivity index (χ0v) is 18.4. The molecule has 0 aliphatic carbocycles. The molecule has 3 aromatic carbocycles. The number of fused-ring (bicyclic) bond motifs is 1. The van der Waals surface area contributed by atoms with Crippen molar-refractivity contribution >= 4 is 33.1 Å². The van der Waals surface area contributed by atoms with Crippen LogP contribution in [0.1, 0.15) is 0 Å². The first-order valence-corrected chi connectivity index (χ1v) is 10.9. The van der Waals surface area contributed by atoms with Gasteiger partial charge in [0.1, 0.15) is 21.8 Å². The molecule has 160 valence electrons. The van der Waals surface area contributed by atoms with Crippen molar-refractivity contribution in [1.82, 2.24) is 9.13 Å². The van der Waals surface area contributed by atoms with Gasteiger partial charge in [0.25, 0.3) is 0 Å². The van der Waals surface area contributed by atoms with Gasteiger partial charge in [-0.25, -0.2) is 4.79 Å². The smallest absolute Gasteiger partial charge is 0.339 e. The van der Waals surface area contributed by atoms with Gasteiger partial charge in [0.05, 0.1) is 31.3 Å². The van der Waals surface area contributed by atoms with E-state index in [1.807, 2.05) is 84.2 Å². The fraction of sp³-hybridized carbons (Fsp3) is 0.0800. The van der Waals surface area contributed by atoms with Gasteiger partial charge in [0.2, 0.25) is 0 Å². The fourth-order valence-corrected chi connectivity index (χ4v) is 4.69. The first-order chi connectivity index (χ1) is 15.7. The van der Waals surface area contributed by atoms with Crippen LogP contribution in [0.15, 0.2) is 89.0 Å². The van der Waals surface area contributed by atoms with Gasteiger partial charge in [-0.15, -0.1) is 11.3 Å². The molecule has 0 spiro atoms. The van der Waals surface area contributed by atoms with Crippen molar-refractivity contribution in [2.45, 2.75) is 0 Å². The molecule has 1 N–H and O–H groups in total. The van der Waals surface area contributed by atoms with E-state index in [9.17, 15) is 4.79 Å². The second-order valence-corrected chi connectivity index (χ2v) is 8.00. The minimum absolute atomic E-state index is 0.124. The zero-order chi connectivity index (χ0) is 22.1. The molecule has 6 nitrogen and oxygen atoms in total. The third-order valence-corrected chi connectivity index (χ3v) is 6.22. The van der Waals surface area contributed by atoms with E-state index in [-0.39, 0.29) is 5.69 Å². The largest absolute Gasteiger partial charge is 0.497 e. The third-order valence-electron chi connectivity index (χ3n) is 5.27. The van der Waals surface area contributed by atoms with Crippen LogP contribution in [0.4, 0.5) is 11.4 Å². The van der Waals surface area contributed by atoms with Gasteiger partial charge in [0.15, 0.2) is 0 Å². The Kier molecular flexibility index (Phi) is 5.17. The Morgan fingerprint density at radius 3 is 1.97 bits per heavy atom. The topological polar surface area (TPSA) is 57.4 Å². The Hall–Kier alpha value is -3.97. The van der Waals surface area contributed by atoms with Crippen LogP contribution >= 0.6 is 11.3 Å². The van der Waals surface area contributed by atoms with Crippen molar-refractivity contribution in [2.24, 2.45) is 0 Å². The summed E-state index contributed by atoms with van der Waals surface area (Å²) in [6.07, 6.45) is 0. The lowest BCUT2D eigenvalue weighted by molar-refractivity contribution is 0.414. The van der Waals surface area contributed by atoms with Gasteiger partial charge in [-0.3, -0.25) is 9.13 Å². The summed E-state index contributed by atoms with van der Waals surface area (Å²) >= 11 is 1.53. The van der Waals surface area contributed by atoms with Crippen LogP contribution in [0.25, 0.3) is 21.7 Å². The van der Waals surface area contributed by atoms with E-state index in [1.54, 1.807) is 23.4 Å². The first kappa shape index (κ1) is 20.0. The Balaban J connectivity index is 1.70. The van der Waals surface area contributed by atoms with Crippen LogP contribution in [-0.4, -0.2) is 23.4 Å². The highest BCUT2D eigenvalue weighted by Crippen LogP contribution is 2.35. The average molecular weight is 444 g/mol. The van der Waals surface area contributed by atoms with E-state index in [0.717, 1.165) is 44.6 Å². The third kappa shape index (κ3) is 3.42. The van der Waals surface area contributed by atoms with Crippen LogP contribution in [-0.2, 0) is 0 Å². The highest BCUT2D eigenvalue weighted by Gasteiger charge is 2.21. The Labute approximate surface area is 188 Å². The molecule has 2 heterocycles. The van der Waals surface area contributed by atoms with E-state index in [0.29, 0.717) is 0 Å². The normalized spacial score (nSPS) is 10.9. The van der Waals surface area contributed by atoms with Crippen molar-refractivity contribution in [3.05, 3.63) is 94.7 Å². The summed E-state index contributed by atoms with van der Waals surface area (Å²) in [5.41, 5.74) is 4.08. The van der Waals surface area contributed by atoms with Gasteiger partial charge in [0, 0.05) is 11.1 Å². The fourth-order valence-electron chi connectivity index (χ4n) is 3.69. The molecule has 5 rings (SSSR count). The predicted molar refractivity (Wildman–Crippen MR) is 130 cm³/mol. The summed E-state index contributed by atoms with van der Waals surface area (Å²) in [7, 11) is 3.27. The number of anilines is 2. The molecular formula is C25H21N3O3S. The van der Waals surface area contributed by atoms with Gasteiger partial charge >= 0.3 is 5.69 Å². The first-order valence-electron chi connectivity index (χ1n) is 10.1. The van der Waals surface area contributed by atoms with Crippen LogP contribution in [0, 0.1) is 0 Å². The second kappa shape index (κ2) is 8.28. The number of rotatable bonds is 6. The number of para-hydroxylation sites is 1. The molecule has 0 unspecified atom stereocenters. The monoisotopic (exact) mass is 443 g/mol. The molecule has 0 aliphatic rings. The molecule has 0 aliphatic heterocycles. The molecule has 7 heteroatoms. The summed E-state index contributed by atoms with van der Waals surface area (Å²) in [6.45, 7) is 0. The quantitative estimate of drug-likeness (QED) is 0.371. The standard InChI is InChI=1S/C25H21N3O3S/c1-30-20-12-8-17(9-13-20)26-22-16-32-24-23(22)27(18-6-4-3-5-7-18)25(29)28(24)19-10-14-21(31-2)15-11-19/h3-16,26H,1-2H3. The van der Waals surface area contributed by atoms with E-state index in [2.05, 4.69) is 5.32 Å². The number of hydrogen-bond donors (Lipinski definition) is 1. The average Bonchev–Trinajstić information content (AvgIpc) is 3.37. The lowest BCUT2D eigenvalue weighted by Gasteiger charge is -2.08. The Bertz CT molecular complexity index is 1420. The second-order valence-electron chi connectivity index (χ2n) is 7.14. The Morgan fingerprint density at radius 1 is 0.750 bits per heavy atom. The van der Waals surface area contributed by atoms with E-state index < -0.39 is 0 Å². The molecular weight excluding hydrogens is 422 g/mol. The van der Waals surface area contributed by atoms with E-state index >= 15 is 0 Å². The summed E-state index contributed by atoms with van der Waals surface area (Å²) in [5.74, 6) is 1.53. The number of ether oxygens (including phenoxy) is 2. The molecule has 0 fully saturated rings. The molecule has 0 amide bonds. The molecule has 2 aromatic heterocycles. The van der Waals surface area contributed by atoms with Crippen LogP contribution in [0.3, 0.4) is 0 Å². The number of hydrogen-bond acceptors (Lipinski definition) is 5. The maximum Gasteiger partial charge on any atom is 0.339 e. The van der Waals surface area contributed by atoms with Gasteiger partial charge < -0.3 is 14.8 Å². The number of nitrogens with one attached hydrogen (secondary N) is 1. The summed E-state index contributed by atoms with van der Waals surface area (Å²) < 4.78 is 14.0. The Morgan fingerprint density at radius 2 is 1.34 bits per heavy atom. The van der Waals surface area contributed by atoms with Crippen molar-refractivity contribution in [3.8, 4) is 22.9 Å². The van der Waals surface area contributed by atoms with Crippen LogP contribution in [0.2, 0.25) is 0 Å². The minimum atomic E-state index is -0.124. The van der Waals surface area contributed by atoms with Crippen molar-refractivity contribution in [3.63, 3.8) is 0 Å². The summed E-state index contributed by atoms with van der Waals surface area (Å²) in [5, 5.41) is 5.50. The molecule has 0 saturated heterocycles. The molecule has 0 bridgehead atoms. The number of benzene rings is 3. The number of methoxy groups -OCH3 is 2. The van der Waals surface area contributed by atoms with Gasteiger partial charge in [-0.2, -0.15) is 0 Å². The number of imidazole rings is 1. The lowest BCUT2D eigenvalue weighted by Crippen LogP contribution is -2.22. The van der Waals surface area contributed by atoms with E-state index in [1.165, 1.54) is 11.3 Å². The maximum absolute atomic E-state index is 13.7. The number of thiophene rings is 1. The van der Waals surface area contributed by atoms with Crippen molar-refractivity contribution in [2.75, 3.05) is 19.5 Å². The number of nitrogens with zero attached hydrogens (tertiary/aromatic N) is 2. The lowest BCUT2D eigenvalue weighted by atomic mass is 10.3. The van der Waals surface area contributed by atoms with Crippen LogP contribution in [0.5, 0.6) is 11.5 Å². The minimum Gasteiger partial charge on any atom is -0.497 e. The summed E-state index contributed by atoms with van der Waals surface area (Å²) in [4.78, 5) is 14.5. The highest BCUT2D eigenvalue weighted by atomic mass is 32.1. The zero-order valence-electron chi connectivity index (χ0n) is 17.6. The molecule has 0 radical (unpaired) electrons. The molecule has 5 aromatic rings. The van der Waals surface area contributed by atoms with Crippen molar-refractivity contribution in [1.29, 1.82) is 0 Å². The SMILES string of the molecule is COc1ccc(Nc2csc3c2n(-c2ccccc2)c(=O)n3-c2ccc(OC)cc2)cc1. The van der Waals surface area contributed by atoms with Crippen LogP contribution < -0.4 is 20.5 Å². The van der Waals surface area contributed by atoms with Gasteiger partial charge in [-0.05, 0) is 60.7 Å². The molecule has 0 saturated carbocycles. The maximum atomic E-state index is 13.7. The van der Waals surface area contributed by atoms with Crippen molar-refractivity contribution < 1.29 is 9.47 Å². The molecule has 0 atom stereocenters. The number of aromatic nitrogens is 2. The molecule has 32 heavy (non-hydrogen) atoms. The summed E-state index contributed by atoms with van der Waals surface area (Å²) in [6, 6.07) is 24.9. The van der Waals surface area contributed by atoms with Gasteiger partial charge in [-0.1, -0.05) is 18.2 Å². The predicted octanol–water partition coefficient (Wildman–Crippen LogP) is 5.60.